The number of amides is 1. The molecule has 4 rings (SSSR count). The molecule has 0 saturated carbocycles. The quantitative estimate of drug-likeness (QED) is 0.573. The topological polar surface area (TPSA) is 76.9 Å². The van der Waals surface area contributed by atoms with E-state index in [1.807, 2.05) is 49.4 Å². The van der Waals surface area contributed by atoms with Crippen LogP contribution in [0.5, 0.6) is 0 Å². The van der Waals surface area contributed by atoms with Gasteiger partial charge < -0.3 is 5.32 Å². The normalized spacial score (nSPS) is 11.9. The van der Waals surface area contributed by atoms with Crippen LogP contribution in [0.2, 0.25) is 0 Å². The summed E-state index contributed by atoms with van der Waals surface area (Å²) in [6, 6.07) is 24.9. The molecule has 0 aliphatic rings. The Hall–Kier alpha value is -3.80. The van der Waals surface area contributed by atoms with E-state index in [1.54, 1.807) is 24.3 Å². The molecule has 1 aromatic heterocycles. The lowest BCUT2D eigenvalue weighted by Crippen LogP contribution is -2.35. The van der Waals surface area contributed by atoms with Gasteiger partial charge in [0.25, 0.3) is 5.56 Å². The van der Waals surface area contributed by atoms with Crippen LogP contribution in [0.1, 0.15) is 18.5 Å². The van der Waals surface area contributed by atoms with Gasteiger partial charge in [0.05, 0.1) is 11.4 Å². The van der Waals surface area contributed by atoms with Gasteiger partial charge in [-0.15, -0.1) is 5.10 Å². The van der Waals surface area contributed by atoms with E-state index < -0.39 is 0 Å². The fourth-order valence-electron chi connectivity index (χ4n) is 3.23. The summed E-state index contributed by atoms with van der Waals surface area (Å²) >= 11 is 0. The third kappa shape index (κ3) is 4.06. The molecule has 1 N–H and O–H groups in total. The van der Waals surface area contributed by atoms with E-state index in [2.05, 4.69) is 27.8 Å². The fourth-order valence-corrected chi connectivity index (χ4v) is 3.23. The van der Waals surface area contributed by atoms with Crippen molar-refractivity contribution in [1.29, 1.82) is 0 Å². The number of carbonyl (C=O) groups excluding carboxylic acids is 1. The van der Waals surface area contributed by atoms with Gasteiger partial charge in [-0.3, -0.25) is 9.59 Å². The maximum atomic E-state index is 12.5. The lowest BCUT2D eigenvalue weighted by molar-refractivity contribution is -0.122. The van der Waals surface area contributed by atoms with Crippen molar-refractivity contribution in [2.45, 2.75) is 19.5 Å². The molecule has 6 nitrogen and oxygen atoms in total. The Kier molecular flexibility index (Phi) is 5.16. The van der Waals surface area contributed by atoms with Crippen LogP contribution in [0.3, 0.4) is 0 Å². The molecule has 0 fully saturated rings. The second kappa shape index (κ2) is 8.06. The number of nitrogens with zero attached hydrogens (tertiary/aromatic N) is 3. The molecular formula is C23H20N4O2. The number of nitrogens with one attached hydrogen (secondary N) is 1. The van der Waals surface area contributed by atoms with Crippen LogP contribution in [0.15, 0.2) is 83.7 Å². The molecule has 1 heterocycles. The molecule has 0 saturated heterocycles. The lowest BCUT2D eigenvalue weighted by atomic mass is 10.0. The monoisotopic (exact) mass is 384 g/mol. The summed E-state index contributed by atoms with van der Waals surface area (Å²) in [5.74, 6) is -0.295. The van der Waals surface area contributed by atoms with Crippen LogP contribution in [0, 0.1) is 0 Å². The van der Waals surface area contributed by atoms with Crippen LogP contribution < -0.4 is 10.9 Å². The van der Waals surface area contributed by atoms with Crippen LogP contribution in [-0.2, 0) is 11.3 Å². The first-order valence-electron chi connectivity index (χ1n) is 9.39. The van der Waals surface area contributed by atoms with Crippen molar-refractivity contribution in [1.82, 2.24) is 20.3 Å². The Morgan fingerprint density at radius 2 is 1.59 bits per heavy atom. The molecule has 0 spiro atoms. The highest BCUT2D eigenvalue weighted by atomic mass is 16.2. The molecule has 1 amide bonds. The van der Waals surface area contributed by atoms with Crippen molar-refractivity contribution in [2.75, 3.05) is 0 Å². The Morgan fingerprint density at radius 3 is 2.34 bits per heavy atom. The van der Waals surface area contributed by atoms with Crippen LogP contribution in [0.25, 0.3) is 22.0 Å². The van der Waals surface area contributed by atoms with Crippen molar-refractivity contribution < 1.29 is 4.79 Å². The molecule has 6 heteroatoms. The Morgan fingerprint density at radius 1 is 0.931 bits per heavy atom. The van der Waals surface area contributed by atoms with Gasteiger partial charge in [0.15, 0.2) is 0 Å². The van der Waals surface area contributed by atoms with Gasteiger partial charge >= 0.3 is 0 Å². The van der Waals surface area contributed by atoms with Gasteiger partial charge in [-0.05, 0) is 35.7 Å². The van der Waals surface area contributed by atoms with Crippen molar-refractivity contribution in [3.05, 3.63) is 94.8 Å². The van der Waals surface area contributed by atoms with E-state index in [-0.39, 0.29) is 24.1 Å². The number of hydrogen-bond acceptors (Lipinski definition) is 4. The van der Waals surface area contributed by atoms with Crippen LogP contribution in [0.4, 0.5) is 0 Å². The summed E-state index contributed by atoms with van der Waals surface area (Å²) in [5, 5.41) is 11.2. The first-order chi connectivity index (χ1) is 14.1. The van der Waals surface area contributed by atoms with Crippen molar-refractivity contribution in [3.63, 3.8) is 0 Å². The van der Waals surface area contributed by atoms with E-state index in [0.717, 1.165) is 21.4 Å². The van der Waals surface area contributed by atoms with Crippen LogP contribution in [-0.4, -0.2) is 20.9 Å². The molecule has 3 aromatic carbocycles. The van der Waals surface area contributed by atoms with Gasteiger partial charge in [0.2, 0.25) is 5.91 Å². The largest absolute Gasteiger partial charge is 0.348 e. The minimum Gasteiger partial charge on any atom is -0.348 e. The highest BCUT2D eigenvalue weighted by Crippen LogP contribution is 2.21. The third-order valence-corrected chi connectivity index (χ3v) is 4.82. The second-order valence-corrected chi connectivity index (χ2v) is 6.85. The highest BCUT2D eigenvalue weighted by Gasteiger charge is 2.13. The molecule has 0 aliphatic heterocycles. The molecule has 0 aliphatic carbocycles. The van der Waals surface area contributed by atoms with E-state index in [1.165, 1.54) is 0 Å². The SMILES string of the molecule is CC(NC(=O)Cn1nnc2ccccc2c1=O)c1ccc(-c2ccccc2)cc1. The number of benzene rings is 3. The number of rotatable bonds is 5. The first kappa shape index (κ1) is 18.6. The van der Waals surface area contributed by atoms with E-state index >= 15 is 0 Å². The minimum atomic E-state index is -0.328. The highest BCUT2D eigenvalue weighted by molar-refractivity contribution is 5.78. The van der Waals surface area contributed by atoms with Gasteiger partial charge in [-0.1, -0.05) is 71.9 Å². The van der Waals surface area contributed by atoms with Crippen molar-refractivity contribution >= 4 is 16.8 Å². The molecule has 1 unspecified atom stereocenters. The maximum Gasteiger partial charge on any atom is 0.278 e. The summed E-state index contributed by atoms with van der Waals surface area (Å²) in [7, 11) is 0. The van der Waals surface area contributed by atoms with E-state index in [0.29, 0.717) is 10.9 Å². The van der Waals surface area contributed by atoms with Gasteiger partial charge in [-0.2, -0.15) is 0 Å². The third-order valence-electron chi connectivity index (χ3n) is 4.82. The molecule has 4 aromatic rings. The smallest absolute Gasteiger partial charge is 0.278 e. The zero-order chi connectivity index (χ0) is 20.2. The Labute approximate surface area is 167 Å². The second-order valence-electron chi connectivity index (χ2n) is 6.85. The van der Waals surface area contributed by atoms with Crippen molar-refractivity contribution in [3.8, 4) is 11.1 Å². The zero-order valence-corrected chi connectivity index (χ0v) is 15.9. The standard InChI is InChI=1S/C23H20N4O2/c1-16(17-11-13-19(14-12-17)18-7-3-2-4-8-18)24-22(28)15-27-23(29)20-9-5-6-10-21(20)25-26-27/h2-14,16H,15H2,1H3,(H,24,28). The average molecular weight is 384 g/mol. The summed E-state index contributed by atoms with van der Waals surface area (Å²) in [4.78, 5) is 24.9. The number of carbonyl (C=O) groups is 1. The summed E-state index contributed by atoms with van der Waals surface area (Å²) in [6.07, 6.45) is 0. The van der Waals surface area contributed by atoms with Gasteiger partial charge in [0, 0.05) is 0 Å². The Balaban J connectivity index is 1.45. The minimum absolute atomic E-state index is 0.177. The number of hydrogen-bond donors (Lipinski definition) is 1. The van der Waals surface area contributed by atoms with Crippen molar-refractivity contribution in [2.24, 2.45) is 0 Å². The van der Waals surface area contributed by atoms with Crippen LogP contribution >= 0.6 is 0 Å². The lowest BCUT2D eigenvalue weighted by Gasteiger charge is -2.15. The average Bonchev–Trinajstić information content (AvgIpc) is 2.76. The summed E-state index contributed by atoms with van der Waals surface area (Å²) in [6.45, 7) is 1.73. The molecule has 144 valence electrons. The molecule has 29 heavy (non-hydrogen) atoms. The summed E-state index contributed by atoms with van der Waals surface area (Å²) < 4.78 is 1.09. The van der Waals surface area contributed by atoms with Gasteiger partial charge in [0.1, 0.15) is 12.1 Å². The van der Waals surface area contributed by atoms with E-state index in [4.69, 9.17) is 0 Å². The molecule has 0 radical (unpaired) electrons. The Bertz CT molecular complexity index is 1200. The zero-order valence-electron chi connectivity index (χ0n) is 15.9. The first-order valence-corrected chi connectivity index (χ1v) is 9.39. The predicted molar refractivity (Wildman–Crippen MR) is 112 cm³/mol. The number of fused-ring (bicyclic) bond motifs is 1. The molecule has 1 atom stereocenters. The van der Waals surface area contributed by atoms with E-state index in [9.17, 15) is 9.59 Å². The molecular weight excluding hydrogens is 364 g/mol. The van der Waals surface area contributed by atoms with Gasteiger partial charge in [-0.25, -0.2) is 4.68 Å². The maximum absolute atomic E-state index is 12.5. The molecule has 0 bridgehead atoms. The number of aromatic nitrogens is 3. The fraction of sp³-hybridized carbons (Fsp3) is 0.130. The predicted octanol–water partition coefficient (Wildman–Crippen LogP) is 3.34. The summed E-state index contributed by atoms with van der Waals surface area (Å²) in [5.41, 5.74) is 3.43.